The minimum atomic E-state index is -4.75. The zero-order valence-electron chi connectivity index (χ0n) is 10.1. The van der Waals surface area contributed by atoms with Crippen LogP contribution in [0.25, 0.3) is 11.1 Å². The van der Waals surface area contributed by atoms with Crippen LogP contribution in [0.4, 0.5) is 0 Å². The Labute approximate surface area is 116 Å². The Morgan fingerprint density at radius 2 is 1.45 bits per heavy atom. The molecule has 8 heteroatoms. The molecule has 0 atom stereocenters. The van der Waals surface area contributed by atoms with Crippen LogP contribution in [-0.4, -0.2) is 21.4 Å². The van der Waals surface area contributed by atoms with Crippen molar-refractivity contribution in [3.63, 3.8) is 0 Å². The van der Waals surface area contributed by atoms with Gasteiger partial charge in [-0.25, -0.2) is 13.6 Å². The molecule has 0 aliphatic rings. The Balaban J connectivity index is 2.92. The Hall–Kier alpha value is -1.74. The van der Waals surface area contributed by atoms with Crippen LogP contribution in [0.15, 0.2) is 58.3 Å². The molecule has 0 heterocycles. The Morgan fingerprint density at radius 1 is 0.850 bits per heavy atom. The maximum absolute atomic E-state index is 11.5. The minimum Gasteiger partial charge on any atom is -0.282 e. The molecule has 6 nitrogen and oxygen atoms in total. The van der Waals surface area contributed by atoms with Crippen molar-refractivity contribution in [3.05, 3.63) is 48.5 Å². The monoisotopic (exact) mass is 313 g/mol. The summed E-state index contributed by atoms with van der Waals surface area (Å²) in [5, 5.41) is 5.00. The fourth-order valence-corrected chi connectivity index (χ4v) is 3.94. The van der Waals surface area contributed by atoms with Gasteiger partial charge in [0.05, 0.1) is 0 Å². The largest absolute Gasteiger partial charge is 0.296 e. The molecule has 2 aromatic carbocycles. The van der Waals surface area contributed by atoms with Gasteiger partial charge in [0, 0.05) is 5.56 Å². The SMILES string of the molecule is NS(=O)(=O)c1cccc(-c2ccccc2)c1S(=O)(=O)O. The van der Waals surface area contributed by atoms with Crippen molar-refractivity contribution in [1.82, 2.24) is 0 Å². The van der Waals surface area contributed by atoms with Gasteiger partial charge in [0.25, 0.3) is 10.1 Å². The summed E-state index contributed by atoms with van der Waals surface area (Å²) in [6.07, 6.45) is 0. The first-order chi connectivity index (χ1) is 9.21. The van der Waals surface area contributed by atoms with Crippen molar-refractivity contribution in [2.75, 3.05) is 0 Å². The van der Waals surface area contributed by atoms with E-state index in [9.17, 15) is 21.4 Å². The molecule has 0 saturated carbocycles. The standard InChI is InChI=1S/C12H11NO5S2/c13-19(14,15)11-8-4-7-10(12(11)20(16,17)18)9-5-2-1-3-6-9/h1-8H,(H2,13,14,15)(H,16,17,18). The van der Waals surface area contributed by atoms with Gasteiger partial charge in [-0.1, -0.05) is 42.5 Å². The van der Waals surface area contributed by atoms with E-state index < -0.39 is 29.9 Å². The fraction of sp³-hybridized carbons (Fsp3) is 0. The highest BCUT2D eigenvalue weighted by atomic mass is 32.2. The van der Waals surface area contributed by atoms with Gasteiger partial charge in [-0.3, -0.25) is 4.55 Å². The van der Waals surface area contributed by atoms with E-state index in [1.54, 1.807) is 30.3 Å². The molecule has 20 heavy (non-hydrogen) atoms. The third-order valence-electron chi connectivity index (χ3n) is 2.63. The van der Waals surface area contributed by atoms with Crippen molar-refractivity contribution in [2.45, 2.75) is 9.79 Å². The van der Waals surface area contributed by atoms with Gasteiger partial charge in [-0.15, -0.1) is 0 Å². The second kappa shape index (κ2) is 4.98. The lowest BCUT2D eigenvalue weighted by atomic mass is 10.1. The number of hydrogen-bond donors (Lipinski definition) is 2. The van der Waals surface area contributed by atoms with Gasteiger partial charge in [-0.2, -0.15) is 8.42 Å². The molecule has 2 aromatic rings. The maximum Gasteiger partial charge on any atom is 0.296 e. The maximum atomic E-state index is 11.5. The Kier molecular flexibility index (Phi) is 3.65. The first-order valence-corrected chi connectivity index (χ1v) is 8.38. The molecule has 0 spiro atoms. The Bertz CT molecular complexity index is 843. The van der Waals surface area contributed by atoms with E-state index in [-0.39, 0.29) is 5.56 Å². The lowest BCUT2D eigenvalue weighted by molar-refractivity contribution is 0.480. The van der Waals surface area contributed by atoms with Gasteiger partial charge in [0.2, 0.25) is 10.0 Å². The van der Waals surface area contributed by atoms with E-state index in [1.807, 2.05) is 0 Å². The third kappa shape index (κ3) is 2.88. The van der Waals surface area contributed by atoms with Crippen LogP contribution in [0.2, 0.25) is 0 Å². The summed E-state index contributed by atoms with van der Waals surface area (Å²) in [5.74, 6) is 0. The van der Waals surface area contributed by atoms with Crippen LogP contribution in [0.3, 0.4) is 0 Å². The Morgan fingerprint density at radius 3 is 1.95 bits per heavy atom. The van der Waals surface area contributed by atoms with E-state index in [0.717, 1.165) is 6.07 Å². The number of sulfonamides is 1. The van der Waals surface area contributed by atoms with E-state index in [1.165, 1.54) is 12.1 Å². The molecule has 0 bridgehead atoms. The summed E-state index contributed by atoms with van der Waals surface area (Å²) in [7, 11) is -9.04. The molecule has 0 aliphatic carbocycles. The topological polar surface area (TPSA) is 115 Å². The first-order valence-electron chi connectivity index (χ1n) is 5.40. The molecule has 0 aromatic heterocycles. The number of nitrogens with two attached hydrogens (primary N) is 1. The van der Waals surface area contributed by atoms with E-state index >= 15 is 0 Å². The van der Waals surface area contributed by atoms with Crippen LogP contribution in [0.1, 0.15) is 0 Å². The quantitative estimate of drug-likeness (QED) is 0.828. The van der Waals surface area contributed by atoms with Crippen molar-refractivity contribution >= 4 is 20.1 Å². The average Bonchev–Trinajstić information content (AvgIpc) is 2.37. The molecule has 2 rings (SSSR count). The highest BCUT2D eigenvalue weighted by molar-refractivity contribution is 7.91. The van der Waals surface area contributed by atoms with Gasteiger partial charge < -0.3 is 0 Å². The van der Waals surface area contributed by atoms with Crippen LogP contribution in [0.5, 0.6) is 0 Å². The summed E-state index contributed by atoms with van der Waals surface area (Å²) < 4.78 is 55.4. The van der Waals surface area contributed by atoms with E-state index in [0.29, 0.717) is 5.56 Å². The molecule has 0 fully saturated rings. The van der Waals surface area contributed by atoms with Gasteiger partial charge in [0.1, 0.15) is 9.79 Å². The van der Waals surface area contributed by atoms with Crippen molar-refractivity contribution in [1.29, 1.82) is 0 Å². The van der Waals surface area contributed by atoms with Gasteiger partial charge in [-0.05, 0) is 11.6 Å². The first kappa shape index (κ1) is 14.7. The average molecular weight is 313 g/mol. The van der Waals surface area contributed by atoms with Crippen molar-refractivity contribution < 1.29 is 21.4 Å². The zero-order chi connectivity index (χ0) is 15.0. The van der Waals surface area contributed by atoms with Crippen LogP contribution in [-0.2, 0) is 20.1 Å². The number of hydrogen-bond acceptors (Lipinski definition) is 4. The smallest absolute Gasteiger partial charge is 0.282 e. The van der Waals surface area contributed by atoms with E-state index in [4.69, 9.17) is 5.14 Å². The lowest BCUT2D eigenvalue weighted by Crippen LogP contribution is -2.17. The van der Waals surface area contributed by atoms with Crippen LogP contribution >= 0.6 is 0 Å². The summed E-state index contributed by atoms with van der Waals surface area (Å²) in [5.41, 5.74) is 0.519. The third-order valence-corrected chi connectivity index (χ3v) is 4.67. The van der Waals surface area contributed by atoms with E-state index in [2.05, 4.69) is 0 Å². The van der Waals surface area contributed by atoms with Gasteiger partial charge >= 0.3 is 0 Å². The van der Waals surface area contributed by atoms with Crippen molar-refractivity contribution in [3.8, 4) is 11.1 Å². The molecular weight excluding hydrogens is 302 g/mol. The molecule has 106 valence electrons. The second-order valence-electron chi connectivity index (χ2n) is 4.02. The molecule has 0 aliphatic heterocycles. The predicted octanol–water partition coefficient (Wildman–Crippen LogP) is 1.25. The van der Waals surface area contributed by atoms with Crippen LogP contribution in [0, 0.1) is 0 Å². The minimum absolute atomic E-state index is 0.0691. The predicted molar refractivity (Wildman–Crippen MR) is 73.1 cm³/mol. The van der Waals surface area contributed by atoms with Gasteiger partial charge in [0.15, 0.2) is 0 Å². The fourth-order valence-electron chi connectivity index (χ4n) is 1.85. The molecular formula is C12H11NO5S2. The van der Waals surface area contributed by atoms with Crippen molar-refractivity contribution in [2.24, 2.45) is 5.14 Å². The summed E-state index contributed by atoms with van der Waals surface area (Å²) in [6, 6.07) is 12.0. The number of primary sulfonamides is 1. The molecule has 3 N–H and O–H groups in total. The molecule has 0 radical (unpaired) electrons. The summed E-state index contributed by atoms with van der Waals surface area (Å²) in [4.78, 5) is -1.35. The highest BCUT2D eigenvalue weighted by Crippen LogP contribution is 2.31. The number of rotatable bonds is 3. The molecule has 0 unspecified atom stereocenters. The molecule has 0 saturated heterocycles. The second-order valence-corrected chi connectivity index (χ2v) is 6.91. The normalized spacial score (nSPS) is 12.3. The lowest BCUT2D eigenvalue weighted by Gasteiger charge is -2.11. The van der Waals surface area contributed by atoms with Crippen LogP contribution < -0.4 is 5.14 Å². The molecule has 0 amide bonds. The summed E-state index contributed by atoms with van der Waals surface area (Å²) >= 11 is 0. The zero-order valence-corrected chi connectivity index (χ0v) is 11.7. The summed E-state index contributed by atoms with van der Waals surface area (Å²) in [6.45, 7) is 0. The number of benzene rings is 2. The highest BCUT2D eigenvalue weighted by Gasteiger charge is 2.26.